The van der Waals surface area contributed by atoms with E-state index in [1.165, 1.54) is 36.8 Å². The lowest BCUT2D eigenvalue weighted by Gasteiger charge is -2.27. The summed E-state index contributed by atoms with van der Waals surface area (Å²) in [5.41, 5.74) is -0.0541. The van der Waals surface area contributed by atoms with E-state index in [1.54, 1.807) is 11.3 Å². The first-order chi connectivity index (χ1) is 14.2. The molecule has 29 heavy (non-hydrogen) atoms. The second-order valence-electron chi connectivity index (χ2n) is 8.56. The van der Waals surface area contributed by atoms with Crippen molar-refractivity contribution < 1.29 is 4.79 Å². The number of carbonyl (C=O) groups excluding carboxylic acids is 1. The van der Waals surface area contributed by atoms with Gasteiger partial charge in [0.05, 0.1) is 11.4 Å². The molecule has 6 nitrogen and oxygen atoms in total. The maximum absolute atomic E-state index is 12.8. The average Bonchev–Trinajstić information content (AvgIpc) is 3.31. The van der Waals surface area contributed by atoms with E-state index in [0.29, 0.717) is 13.1 Å². The molecule has 1 N–H and O–H groups in total. The summed E-state index contributed by atoms with van der Waals surface area (Å²) >= 11 is 1.60. The van der Waals surface area contributed by atoms with Crippen LogP contribution in [0.1, 0.15) is 70.8 Å². The number of unbranched alkanes of at least 4 members (excludes halogenated alkanes) is 1. The first-order valence-electron chi connectivity index (χ1n) is 11.2. The fraction of sp³-hybridized carbons (Fsp3) is 0.682. The first-order valence-corrected chi connectivity index (χ1v) is 12.1. The van der Waals surface area contributed by atoms with Crippen LogP contribution < -0.4 is 11.0 Å². The van der Waals surface area contributed by atoms with Crippen molar-refractivity contribution in [3.63, 3.8) is 0 Å². The molecule has 0 atom stereocenters. The molecular weight excluding hydrogens is 384 g/mol. The molecule has 2 heterocycles. The summed E-state index contributed by atoms with van der Waals surface area (Å²) in [4.78, 5) is 26.4. The number of nitrogens with zero attached hydrogens (tertiary/aromatic N) is 3. The van der Waals surface area contributed by atoms with E-state index in [0.717, 1.165) is 42.3 Å². The highest BCUT2D eigenvalue weighted by Crippen LogP contribution is 2.37. The maximum Gasteiger partial charge on any atom is 0.346 e. The van der Waals surface area contributed by atoms with Gasteiger partial charge in [-0.1, -0.05) is 32.3 Å². The highest BCUT2D eigenvalue weighted by atomic mass is 32.1. The predicted octanol–water partition coefficient (Wildman–Crippen LogP) is 4.22. The van der Waals surface area contributed by atoms with Gasteiger partial charge in [0.15, 0.2) is 5.82 Å². The number of aromatic nitrogens is 3. The van der Waals surface area contributed by atoms with Crippen molar-refractivity contribution in [1.82, 2.24) is 19.7 Å². The molecule has 0 saturated heterocycles. The fourth-order valence-corrected chi connectivity index (χ4v) is 5.14. The van der Waals surface area contributed by atoms with Crippen LogP contribution in [0.5, 0.6) is 0 Å². The number of rotatable bonds is 9. The smallest absolute Gasteiger partial charge is 0.346 e. The second-order valence-corrected chi connectivity index (χ2v) is 9.51. The molecule has 0 unspecified atom stereocenters. The lowest BCUT2D eigenvalue weighted by Crippen LogP contribution is -2.36. The third-order valence-corrected chi connectivity index (χ3v) is 7.20. The maximum atomic E-state index is 12.8. The van der Waals surface area contributed by atoms with Gasteiger partial charge in [0.25, 0.3) is 0 Å². The summed E-state index contributed by atoms with van der Waals surface area (Å²) in [6, 6.07) is 4.28. The third kappa shape index (κ3) is 4.82. The van der Waals surface area contributed by atoms with Gasteiger partial charge in [-0.3, -0.25) is 9.36 Å². The highest BCUT2D eigenvalue weighted by molar-refractivity contribution is 7.13. The van der Waals surface area contributed by atoms with E-state index >= 15 is 0 Å². The number of hydrogen-bond donors (Lipinski definition) is 1. The molecule has 2 fully saturated rings. The van der Waals surface area contributed by atoms with Crippen molar-refractivity contribution in [2.75, 3.05) is 6.54 Å². The van der Waals surface area contributed by atoms with Gasteiger partial charge < -0.3 is 5.32 Å². The number of hydrogen-bond acceptors (Lipinski definition) is 4. The number of nitrogens with one attached hydrogen (secondary N) is 1. The largest absolute Gasteiger partial charge is 0.354 e. The van der Waals surface area contributed by atoms with Gasteiger partial charge in [-0.2, -0.15) is 0 Å². The molecule has 7 heteroatoms. The number of thiophene rings is 1. The summed E-state index contributed by atoms with van der Waals surface area (Å²) in [7, 11) is 0. The van der Waals surface area contributed by atoms with Crippen molar-refractivity contribution in [2.45, 2.75) is 77.3 Å². The summed E-state index contributed by atoms with van der Waals surface area (Å²) < 4.78 is 3.36. The molecule has 2 aromatic heterocycles. The van der Waals surface area contributed by atoms with Crippen molar-refractivity contribution in [3.8, 4) is 10.7 Å². The first kappa shape index (κ1) is 20.4. The normalized spacial score (nSPS) is 22.0. The zero-order valence-electron chi connectivity index (χ0n) is 17.3. The fourth-order valence-electron chi connectivity index (χ4n) is 4.44. The molecule has 0 aliphatic heterocycles. The minimum atomic E-state index is -0.0541. The van der Waals surface area contributed by atoms with Gasteiger partial charge in [-0.15, -0.1) is 16.4 Å². The van der Waals surface area contributed by atoms with Crippen LogP contribution in [-0.2, 0) is 11.3 Å². The molecule has 2 aliphatic rings. The molecule has 2 saturated carbocycles. The Bertz CT molecular complexity index is 858. The zero-order chi connectivity index (χ0) is 20.2. The number of amides is 1. The van der Waals surface area contributed by atoms with Crippen molar-refractivity contribution in [3.05, 3.63) is 28.0 Å². The van der Waals surface area contributed by atoms with Crippen LogP contribution in [0.25, 0.3) is 10.7 Å². The zero-order valence-corrected chi connectivity index (χ0v) is 18.1. The molecule has 0 aromatic carbocycles. The summed E-state index contributed by atoms with van der Waals surface area (Å²) in [5.74, 6) is 1.85. The van der Waals surface area contributed by atoms with Crippen LogP contribution in [-0.4, -0.2) is 26.8 Å². The Balaban J connectivity index is 1.30. The molecule has 2 aliphatic carbocycles. The minimum absolute atomic E-state index is 0.0541. The standard InChI is InChI=1S/C22H32N4O2S/c1-2-3-5-16-7-9-17(10-8-16)21(27)23-13-14-25-22(28)26(18-11-12-18)20(24-25)19-6-4-15-29-19/h4,6,15-18H,2-3,5,7-14H2,1H3,(H,23,27). The molecule has 2 aromatic rings. The van der Waals surface area contributed by atoms with Gasteiger partial charge in [-0.25, -0.2) is 9.48 Å². The SMILES string of the molecule is CCCCC1CCC(C(=O)NCCn2nc(-c3cccs3)n(C3CC3)c2=O)CC1. The van der Waals surface area contributed by atoms with Crippen LogP contribution >= 0.6 is 11.3 Å². The average molecular weight is 417 g/mol. The van der Waals surface area contributed by atoms with Crippen LogP contribution in [0.15, 0.2) is 22.3 Å². The summed E-state index contributed by atoms with van der Waals surface area (Å²) in [5, 5.41) is 9.64. The highest BCUT2D eigenvalue weighted by Gasteiger charge is 2.31. The van der Waals surface area contributed by atoms with Gasteiger partial charge >= 0.3 is 5.69 Å². The monoisotopic (exact) mass is 416 g/mol. The Hall–Kier alpha value is -1.89. The molecule has 0 spiro atoms. The van der Waals surface area contributed by atoms with Crippen LogP contribution in [0.3, 0.4) is 0 Å². The van der Waals surface area contributed by atoms with Gasteiger partial charge in [0, 0.05) is 18.5 Å². The predicted molar refractivity (Wildman–Crippen MR) is 116 cm³/mol. The quantitative estimate of drug-likeness (QED) is 0.665. The Labute approximate surface area is 176 Å². The van der Waals surface area contributed by atoms with Gasteiger partial charge in [-0.05, 0) is 55.9 Å². The van der Waals surface area contributed by atoms with E-state index in [4.69, 9.17) is 0 Å². The minimum Gasteiger partial charge on any atom is -0.354 e. The van der Waals surface area contributed by atoms with Gasteiger partial charge in [0.1, 0.15) is 0 Å². The third-order valence-electron chi connectivity index (χ3n) is 6.33. The van der Waals surface area contributed by atoms with E-state index in [9.17, 15) is 9.59 Å². The lowest BCUT2D eigenvalue weighted by molar-refractivity contribution is -0.126. The summed E-state index contributed by atoms with van der Waals surface area (Å²) in [6.07, 6.45) is 10.3. The lowest BCUT2D eigenvalue weighted by atomic mass is 9.79. The molecular formula is C22H32N4O2S. The van der Waals surface area contributed by atoms with Crippen molar-refractivity contribution in [1.29, 1.82) is 0 Å². The Kier molecular flexibility index (Phi) is 6.53. The number of carbonyl (C=O) groups is 1. The molecule has 4 rings (SSSR count). The Morgan fingerprint density at radius 3 is 2.69 bits per heavy atom. The van der Waals surface area contributed by atoms with Crippen LogP contribution in [0.2, 0.25) is 0 Å². The van der Waals surface area contributed by atoms with Crippen molar-refractivity contribution >= 4 is 17.2 Å². The van der Waals surface area contributed by atoms with Crippen LogP contribution in [0, 0.1) is 11.8 Å². The molecule has 158 valence electrons. The Morgan fingerprint density at radius 1 is 1.24 bits per heavy atom. The molecule has 1 amide bonds. The van der Waals surface area contributed by atoms with E-state index in [-0.39, 0.29) is 23.6 Å². The Morgan fingerprint density at radius 2 is 2.03 bits per heavy atom. The molecule has 0 bridgehead atoms. The molecule has 0 radical (unpaired) electrons. The van der Waals surface area contributed by atoms with E-state index in [1.807, 2.05) is 22.1 Å². The van der Waals surface area contributed by atoms with E-state index in [2.05, 4.69) is 17.3 Å². The summed E-state index contributed by atoms with van der Waals surface area (Å²) in [6.45, 7) is 3.12. The van der Waals surface area contributed by atoms with Crippen molar-refractivity contribution in [2.24, 2.45) is 11.8 Å². The van der Waals surface area contributed by atoms with E-state index < -0.39 is 0 Å². The van der Waals surface area contributed by atoms with Crippen LogP contribution in [0.4, 0.5) is 0 Å². The van der Waals surface area contributed by atoms with Gasteiger partial charge in [0.2, 0.25) is 5.91 Å². The topological polar surface area (TPSA) is 68.9 Å². The second kappa shape index (κ2) is 9.28.